The SMILES string of the molecule is CC(C)(C)[Si](C)(C)O[C@@H]1[C@H](O[PH](=O)O)[C@@H](CO)O[C@H]1n1ccc2c(NC(=O)c3ccccc3)ncnc21. The van der Waals surface area contributed by atoms with Crippen LogP contribution in [0.1, 0.15) is 37.4 Å². The van der Waals surface area contributed by atoms with Gasteiger partial charge in [0.2, 0.25) is 0 Å². The van der Waals surface area contributed by atoms with Crippen molar-refractivity contribution in [2.75, 3.05) is 11.9 Å². The lowest BCUT2D eigenvalue weighted by atomic mass is 10.1. The fourth-order valence-corrected chi connectivity index (χ4v) is 5.83. The number of aliphatic hydroxyl groups excluding tert-OH is 1. The number of anilines is 1. The smallest absolute Gasteiger partial charge is 0.317 e. The Bertz CT molecular complexity index is 1280. The number of fused-ring (bicyclic) bond motifs is 1. The van der Waals surface area contributed by atoms with Crippen LogP contribution in [0.3, 0.4) is 0 Å². The van der Waals surface area contributed by atoms with Crippen molar-refractivity contribution in [3.63, 3.8) is 0 Å². The van der Waals surface area contributed by atoms with E-state index in [-0.39, 0.29) is 10.9 Å². The molecule has 0 aliphatic carbocycles. The molecule has 5 atom stereocenters. The summed E-state index contributed by atoms with van der Waals surface area (Å²) in [6.07, 6.45) is -0.422. The molecule has 13 heteroatoms. The van der Waals surface area contributed by atoms with E-state index < -0.39 is 47.7 Å². The van der Waals surface area contributed by atoms with Crippen LogP contribution >= 0.6 is 8.25 Å². The molecule has 1 aromatic carbocycles. The molecule has 0 radical (unpaired) electrons. The normalized spacial score (nSPS) is 23.3. The van der Waals surface area contributed by atoms with Crippen molar-refractivity contribution >= 4 is 39.3 Å². The summed E-state index contributed by atoms with van der Waals surface area (Å²) < 4.78 is 31.6. The zero-order valence-electron chi connectivity index (χ0n) is 21.4. The lowest BCUT2D eigenvalue weighted by Crippen LogP contribution is -2.49. The molecule has 4 rings (SSSR count). The van der Waals surface area contributed by atoms with Gasteiger partial charge in [0.25, 0.3) is 5.91 Å². The number of ether oxygens (including phenoxy) is 1. The standard InChI is InChI=1S/C24H33N4O7PSi/c1-24(2,3)37(4,5)35-19-18(34-36(31)32)17(13-29)33-23(19)28-12-11-16-20(25-14-26-21(16)28)27-22(30)15-9-7-6-8-10-15/h6-12,14,17-19,23,29,36H,13H2,1-5H3,(H,31,32)(H,25,26,27,30)/t17-,18-,19-,23-/m1/s1. The summed E-state index contributed by atoms with van der Waals surface area (Å²) in [7, 11) is -5.76. The van der Waals surface area contributed by atoms with E-state index in [9.17, 15) is 19.4 Å². The summed E-state index contributed by atoms with van der Waals surface area (Å²) in [6.45, 7) is 9.93. The first-order chi connectivity index (χ1) is 17.4. The molecule has 11 nitrogen and oxygen atoms in total. The van der Waals surface area contributed by atoms with Gasteiger partial charge in [0.1, 0.15) is 36.1 Å². The molecule has 1 aliphatic heterocycles. The van der Waals surface area contributed by atoms with Crippen LogP contribution in [0, 0.1) is 0 Å². The number of carbonyl (C=O) groups is 1. The van der Waals surface area contributed by atoms with Crippen molar-refractivity contribution in [2.24, 2.45) is 0 Å². The number of benzene rings is 1. The van der Waals surface area contributed by atoms with E-state index in [1.165, 1.54) is 6.33 Å². The Morgan fingerprint density at radius 3 is 2.51 bits per heavy atom. The van der Waals surface area contributed by atoms with Crippen molar-refractivity contribution in [3.05, 3.63) is 54.5 Å². The zero-order chi connectivity index (χ0) is 27.0. The third-order valence-electron chi connectivity index (χ3n) is 6.99. The summed E-state index contributed by atoms with van der Waals surface area (Å²) in [4.78, 5) is 31.0. The molecule has 3 aromatic rings. The Morgan fingerprint density at radius 1 is 1.19 bits per heavy atom. The van der Waals surface area contributed by atoms with E-state index in [0.717, 1.165) is 0 Å². The van der Waals surface area contributed by atoms with Gasteiger partial charge in [-0.15, -0.1) is 0 Å². The average molecular weight is 549 g/mol. The number of nitrogens with zero attached hydrogens (tertiary/aromatic N) is 3. The monoisotopic (exact) mass is 548 g/mol. The lowest BCUT2D eigenvalue weighted by molar-refractivity contribution is -0.0484. The number of carbonyl (C=O) groups excluding carboxylic acids is 1. The van der Waals surface area contributed by atoms with Crippen LogP contribution in [0.4, 0.5) is 5.82 Å². The fourth-order valence-electron chi connectivity index (χ4n) is 4.03. The molecule has 3 N–H and O–H groups in total. The Morgan fingerprint density at radius 2 is 1.89 bits per heavy atom. The van der Waals surface area contributed by atoms with Crippen LogP contribution < -0.4 is 5.32 Å². The largest absolute Gasteiger partial charge is 0.407 e. The highest BCUT2D eigenvalue weighted by atomic mass is 31.1. The summed E-state index contributed by atoms with van der Waals surface area (Å²) in [5, 5.41) is 13.2. The first kappa shape index (κ1) is 27.6. The topological polar surface area (TPSA) is 145 Å². The molecule has 3 heterocycles. The molecule has 37 heavy (non-hydrogen) atoms. The average Bonchev–Trinajstić information content (AvgIpc) is 3.40. The minimum absolute atomic E-state index is 0.167. The molecular weight excluding hydrogens is 515 g/mol. The number of hydrogen-bond donors (Lipinski definition) is 3. The van der Waals surface area contributed by atoms with Gasteiger partial charge in [-0.25, -0.2) is 9.97 Å². The molecule has 1 aliphatic rings. The van der Waals surface area contributed by atoms with Gasteiger partial charge in [-0.2, -0.15) is 0 Å². The van der Waals surface area contributed by atoms with E-state index >= 15 is 0 Å². The van der Waals surface area contributed by atoms with Crippen molar-refractivity contribution < 1.29 is 33.0 Å². The van der Waals surface area contributed by atoms with Gasteiger partial charge in [-0.1, -0.05) is 39.0 Å². The van der Waals surface area contributed by atoms with Gasteiger partial charge in [0.15, 0.2) is 14.5 Å². The van der Waals surface area contributed by atoms with Crippen molar-refractivity contribution in [1.29, 1.82) is 0 Å². The highest BCUT2D eigenvalue weighted by Crippen LogP contribution is 2.44. The molecule has 1 unspecified atom stereocenters. The third kappa shape index (κ3) is 5.70. The van der Waals surface area contributed by atoms with Gasteiger partial charge in [-0.05, 0) is 36.3 Å². The highest BCUT2D eigenvalue weighted by molar-refractivity contribution is 7.32. The van der Waals surface area contributed by atoms with E-state index in [1.54, 1.807) is 41.1 Å². The van der Waals surface area contributed by atoms with Gasteiger partial charge >= 0.3 is 8.25 Å². The number of nitrogens with one attached hydrogen (secondary N) is 1. The highest BCUT2D eigenvalue weighted by Gasteiger charge is 2.52. The third-order valence-corrected chi connectivity index (χ3v) is 11.9. The first-order valence-electron chi connectivity index (χ1n) is 11.9. The maximum Gasteiger partial charge on any atom is 0.317 e. The number of amides is 1. The van der Waals surface area contributed by atoms with Crippen molar-refractivity contribution in [1.82, 2.24) is 14.5 Å². The van der Waals surface area contributed by atoms with Crippen molar-refractivity contribution in [3.8, 4) is 0 Å². The van der Waals surface area contributed by atoms with Gasteiger partial charge in [-0.3, -0.25) is 9.36 Å². The predicted octanol–water partition coefficient (Wildman–Crippen LogP) is 3.73. The first-order valence-corrected chi connectivity index (χ1v) is 16.1. The van der Waals surface area contributed by atoms with Crippen LogP contribution in [-0.4, -0.2) is 63.7 Å². The number of rotatable bonds is 8. The Labute approximate surface area is 216 Å². The molecule has 0 saturated carbocycles. The van der Waals surface area contributed by atoms with Gasteiger partial charge in [0, 0.05) is 11.8 Å². The molecular formula is C24H33N4O7PSi. The molecule has 0 bridgehead atoms. The lowest BCUT2D eigenvalue weighted by Gasteiger charge is -2.40. The quantitative estimate of drug-likeness (QED) is 0.283. The molecule has 1 fully saturated rings. The molecule has 200 valence electrons. The van der Waals surface area contributed by atoms with Crippen LogP contribution in [0.15, 0.2) is 48.9 Å². The van der Waals surface area contributed by atoms with Crippen LogP contribution in [0.25, 0.3) is 11.0 Å². The second kappa shape index (κ2) is 10.7. The molecule has 0 spiro atoms. The summed E-state index contributed by atoms with van der Waals surface area (Å²) in [5.41, 5.74) is 0.946. The Hall–Kier alpha value is -2.44. The van der Waals surface area contributed by atoms with Crippen LogP contribution in [0.5, 0.6) is 0 Å². The minimum Gasteiger partial charge on any atom is -0.407 e. The number of aromatic nitrogens is 3. The Kier molecular flexibility index (Phi) is 8.01. The summed E-state index contributed by atoms with van der Waals surface area (Å²) in [5.74, 6) is 0.0101. The molecule has 1 saturated heterocycles. The summed E-state index contributed by atoms with van der Waals surface area (Å²) >= 11 is 0. The summed E-state index contributed by atoms with van der Waals surface area (Å²) in [6, 6.07) is 10.5. The predicted molar refractivity (Wildman–Crippen MR) is 141 cm³/mol. The second-order valence-electron chi connectivity index (χ2n) is 10.4. The van der Waals surface area contributed by atoms with E-state index in [4.69, 9.17) is 13.7 Å². The minimum atomic E-state index is -3.35. The van der Waals surface area contributed by atoms with Crippen LogP contribution in [-0.2, 0) is 18.3 Å². The Balaban J connectivity index is 1.72. The van der Waals surface area contributed by atoms with E-state index in [0.29, 0.717) is 22.4 Å². The number of hydrogen-bond acceptors (Lipinski definition) is 8. The van der Waals surface area contributed by atoms with Gasteiger partial charge < -0.3 is 33.6 Å². The fraction of sp³-hybridized carbons (Fsp3) is 0.458. The maximum absolute atomic E-state index is 12.7. The molecule has 2 aromatic heterocycles. The molecule has 1 amide bonds. The number of aliphatic hydroxyl groups is 1. The maximum atomic E-state index is 12.7. The second-order valence-corrected chi connectivity index (χ2v) is 16.0. The van der Waals surface area contributed by atoms with E-state index in [1.807, 2.05) is 6.07 Å². The van der Waals surface area contributed by atoms with Crippen LogP contribution in [0.2, 0.25) is 18.1 Å². The van der Waals surface area contributed by atoms with E-state index in [2.05, 4.69) is 49.1 Å². The van der Waals surface area contributed by atoms with Gasteiger partial charge in [0.05, 0.1) is 12.0 Å². The zero-order valence-corrected chi connectivity index (χ0v) is 23.4. The van der Waals surface area contributed by atoms with Crippen molar-refractivity contribution in [2.45, 2.75) is 63.4 Å².